The van der Waals surface area contributed by atoms with Crippen molar-refractivity contribution in [3.63, 3.8) is 0 Å². The summed E-state index contributed by atoms with van der Waals surface area (Å²) in [5, 5.41) is 0. The number of hydrogen-bond acceptors (Lipinski definition) is 3. The van der Waals surface area contributed by atoms with Gasteiger partial charge in [0.1, 0.15) is 0 Å². The summed E-state index contributed by atoms with van der Waals surface area (Å²) in [4.78, 5) is 11.2. The molecule has 1 fully saturated rings. The molecule has 1 aliphatic heterocycles. The number of aromatic nitrogens is 3. The second-order valence-electron chi connectivity index (χ2n) is 4.07. The van der Waals surface area contributed by atoms with E-state index in [1.165, 1.54) is 19.3 Å². The van der Waals surface area contributed by atoms with Crippen LogP contribution in [0.15, 0.2) is 23.1 Å². The predicted molar refractivity (Wildman–Crippen MR) is 66.8 cm³/mol. The molecule has 0 radical (unpaired) electrons. The van der Waals surface area contributed by atoms with Crippen LogP contribution in [0.3, 0.4) is 0 Å². The van der Waals surface area contributed by atoms with Crippen molar-refractivity contribution in [1.82, 2.24) is 14.4 Å². The first-order valence-corrected chi connectivity index (χ1v) is 6.38. The molecule has 0 unspecified atom stereocenters. The minimum Gasteiger partial charge on any atom is -0.342 e. The highest BCUT2D eigenvalue weighted by Crippen LogP contribution is 2.22. The summed E-state index contributed by atoms with van der Waals surface area (Å²) >= 11 is 3.47. The molecule has 1 aliphatic rings. The van der Waals surface area contributed by atoms with Crippen molar-refractivity contribution in [2.75, 3.05) is 18.0 Å². The number of hydrogen-bond donors (Lipinski definition) is 0. The second kappa shape index (κ2) is 4.05. The predicted octanol–water partition coefficient (Wildman–Crippen LogP) is 2.48. The van der Waals surface area contributed by atoms with Gasteiger partial charge >= 0.3 is 0 Å². The minimum absolute atomic E-state index is 0.940. The van der Waals surface area contributed by atoms with Crippen LogP contribution in [0.5, 0.6) is 0 Å². The van der Waals surface area contributed by atoms with Gasteiger partial charge in [0.15, 0.2) is 5.65 Å². The van der Waals surface area contributed by atoms with Crippen LogP contribution in [0.1, 0.15) is 19.3 Å². The van der Waals surface area contributed by atoms with Crippen LogP contribution in [0.2, 0.25) is 0 Å². The van der Waals surface area contributed by atoms with Gasteiger partial charge in [0, 0.05) is 31.7 Å². The Bertz CT molecular complexity index is 502. The molecule has 0 aromatic carbocycles. The zero-order valence-corrected chi connectivity index (χ0v) is 10.5. The van der Waals surface area contributed by atoms with Gasteiger partial charge in [-0.3, -0.25) is 4.40 Å². The van der Waals surface area contributed by atoms with E-state index in [4.69, 9.17) is 0 Å². The van der Waals surface area contributed by atoms with Crippen LogP contribution < -0.4 is 4.90 Å². The molecule has 84 valence electrons. The number of nitrogens with zero attached hydrogens (tertiary/aromatic N) is 4. The van der Waals surface area contributed by atoms with Gasteiger partial charge in [-0.15, -0.1) is 0 Å². The Hall–Kier alpha value is -1.10. The fourth-order valence-electron chi connectivity index (χ4n) is 2.20. The van der Waals surface area contributed by atoms with E-state index in [9.17, 15) is 0 Å². The summed E-state index contributed by atoms with van der Waals surface area (Å²) in [5.41, 5.74) is 0.940. The largest absolute Gasteiger partial charge is 0.342 e. The van der Waals surface area contributed by atoms with Crippen molar-refractivity contribution in [1.29, 1.82) is 0 Å². The molecule has 0 spiro atoms. The molecule has 0 aliphatic carbocycles. The van der Waals surface area contributed by atoms with Crippen molar-refractivity contribution in [2.45, 2.75) is 19.3 Å². The topological polar surface area (TPSA) is 33.4 Å². The van der Waals surface area contributed by atoms with Crippen molar-refractivity contribution >= 4 is 27.5 Å². The molecule has 0 saturated carbocycles. The lowest BCUT2D eigenvalue weighted by Gasteiger charge is -2.28. The van der Waals surface area contributed by atoms with Gasteiger partial charge in [0.2, 0.25) is 5.95 Å². The minimum atomic E-state index is 0.940. The quantitative estimate of drug-likeness (QED) is 0.805. The van der Waals surface area contributed by atoms with Gasteiger partial charge < -0.3 is 4.90 Å². The number of anilines is 1. The molecule has 5 heteroatoms. The number of halogens is 1. The van der Waals surface area contributed by atoms with E-state index in [0.29, 0.717) is 0 Å². The van der Waals surface area contributed by atoms with Gasteiger partial charge in [-0.1, -0.05) is 0 Å². The van der Waals surface area contributed by atoms with E-state index < -0.39 is 0 Å². The summed E-state index contributed by atoms with van der Waals surface area (Å²) in [5.74, 6) is 1.01. The lowest BCUT2D eigenvalue weighted by atomic mass is 10.1. The van der Waals surface area contributed by atoms with E-state index in [0.717, 1.165) is 29.2 Å². The molecule has 3 heterocycles. The molecule has 3 rings (SSSR count). The van der Waals surface area contributed by atoms with Gasteiger partial charge in [0.25, 0.3) is 0 Å². The van der Waals surface area contributed by atoms with E-state index in [1.54, 1.807) is 0 Å². The molecule has 2 aromatic rings. The normalized spacial score (nSPS) is 16.9. The lowest BCUT2D eigenvalue weighted by molar-refractivity contribution is 0.566. The van der Waals surface area contributed by atoms with E-state index in [2.05, 4.69) is 35.2 Å². The summed E-state index contributed by atoms with van der Waals surface area (Å²) in [6.07, 6.45) is 9.47. The van der Waals surface area contributed by atoms with Gasteiger partial charge in [0.05, 0.1) is 4.47 Å². The Morgan fingerprint density at radius 2 is 1.94 bits per heavy atom. The monoisotopic (exact) mass is 280 g/mol. The first-order valence-electron chi connectivity index (χ1n) is 5.59. The lowest BCUT2D eigenvalue weighted by Crippen LogP contribution is -2.31. The molecule has 1 saturated heterocycles. The van der Waals surface area contributed by atoms with Crippen molar-refractivity contribution in [3.05, 3.63) is 23.1 Å². The molecule has 4 nitrogen and oxygen atoms in total. The first-order chi connectivity index (χ1) is 7.86. The number of piperidine rings is 1. The highest BCUT2D eigenvalue weighted by molar-refractivity contribution is 9.10. The first kappa shape index (κ1) is 10.1. The maximum Gasteiger partial charge on any atom is 0.211 e. The van der Waals surface area contributed by atoms with Crippen LogP contribution in [0, 0.1) is 0 Å². The molecule has 0 bridgehead atoms. The average molecular weight is 281 g/mol. The van der Waals surface area contributed by atoms with Gasteiger partial charge in [-0.05, 0) is 35.2 Å². The third-order valence-corrected chi connectivity index (χ3v) is 3.56. The molecule has 16 heavy (non-hydrogen) atoms. The van der Waals surface area contributed by atoms with E-state index >= 15 is 0 Å². The summed E-state index contributed by atoms with van der Waals surface area (Å²) < 4.78 is 2.99. The zero-order chi connectivity index (χ0) is 11.0. The highest BCUT2D eigenvalue weighted by atomic mass is 79.9. The van der Waals surface area contributed by atoms with E-state index in [1.807, 2.05) is 18.6 Å². The standard InChI is InChI=1S/C11H13BrN4/c12-9-8-14-11(15-5-2-1-3-6-15)16-7-4-13-10(9)16/h4,7-8H,1-3,5-6H2. The molecule has 0 amide bonds. The molecule has 0 N–H and O–H groups in total. The highest BCUT2D eigenvalue weighted by Gasteiger charge is 2.15. The third-order valence-electron chi connectivity index (χ3n) is 3.00. The Morgan fingerprint density at radius 1 is 1.12 bits per heavy atom. The van der Waals surface area contributed by atoms with Crippen LogP contribution in [0.25, 0.3) is 5.65 Å². The molecular formula is C11H13BrN4. The third kappa shape index (κ3) is 1.59. The summed E-state index contributed by atoms with van der Waals surface area (Å²) in [7, 11) is 0. The van der Waals surface area contributed by atoms with E-state index in [-0.39, 0.29) is 0 Å². The van der Waals surface area contributed by atoms with Crippen molar-refractivity contribution < 1.29 is 0 Å². The Balaban J connectivity index is 2.08. The molecule has 0 atom stereocenters. The average Bonchev–Trinajstić information content (AvgIpc) is 2.81. The number of fused-ring (bicyclic) bond motifs is 1. The SMILES string of the molecule is Brc1cnc(N2CCCCC2)n2ccnc12. The fourth-order valence-corrected chi connectivity index (χ4v) is 2.60. The summed E-state index contributed by atoms with van der Waals surface area (Å²) in [6, 6.07) is 0. The smallest absolute Gasteiger partial charge is 0.211 e. The van der Waals surface area contributed by atoms with Crippen LogP contribution in [0.4, 0.5) is 5.95 Å². The second-order valence-corrected chi connectivity index (χ2v) is 4.93. The van der Waals surface area contributed by atoms with Gasteiger partial charge in [-0.2, -0.15) is 0 Å². The fraction of sp³-hybridized carbons (Fsp3) is 0.455. The van der Waals surface area contributed by atoms with Crippen LogP contribution in [-0.2, 0) is 0 Å². The maximum atomic E-state index is 4.50. The maximum absolute atomic E-state index is 4.50. The number of rotatable bonds is 1. The zero-order valence-electron chi connectivity index (χ0n) is 8.93. The van der Waals surface area contributed by atoms with Crippen LogP contribution >= 0.6 is 15.9 Å². The molecule has 2 aromatic heterocycles. The Kier molecular flexibility index (Phi) is 2.55. The Labute approximate surface area is 102 Å². The number of imidazole rings is 1. The van der Waals surface area contributed by atoms with Crippen molar-refractivity contribution in [2.24, 2.45) is 0 Å². The summed E-state index contributed by atoms with van der Waals surface area (Å²) in [6.45, 7) is 2.20. The molecular weight excluding hydrogens is 268 g/mol. The Morgan fingerprint density at radius 3 is 2.75 bits per heavy atom. The van der Waals surface area contributed by atoms with Crippen LogP contribution in [-0.4, -0.2) is 27.5 Å². The van der Waals surface area contributed by atoms with Gasteiger partial charge in [-0.25, -0.2) is 9.97 Å². The van der Waals surface area contributed by atoms with Crippen molar-refractivity contribution in [3.8, 4) is 0 Å².